The van der Waals surface area contributed by atoms with Gasteiger partial charge in [-0.25, -0.2) is 4.79 Å². The van der Waals surface area contributed by atoms with E-state index in [2.05, 4.69) is 5.32 Å². The Hall–Kier alpha value is -2.87. The number of aliphatic hydroxyl groups is 1. The molecular formula is C18H22N4O4. The SMILES string of the molecule is CCN1CCN(C(=O)NC[C@@H](O)c2ccc3c(ccn3C)c2)C(=O)C1=O. The maximum absolute atomic E-state index is 12.2. The van der Waals surface area contributed by atoms with Crippen LogP contribution in [0.2, 0.25) is 0 Å². The van der Waals surface area contributed by atoms with E-state index in [9.17, 15) is 19.5 Å². The Morgan fingerprint density at radius 2 is 2.00 bits per heavy atom. The summed E-state index contributed by atoms with van der Waals surface area (Å²) in [7, 11) is 1.94. The van der Waals surface area contributed by atoms with Gasteiger partial charge in [-0.3, -0.25) is 14.5 Å². The molecule has 3 rings (SSSR count). The summed E-state index contributed by atoms with van der Waals surface area (Å²) < 4.78 is 1.98. The maximum atomic E-state index is 12.2. The summed E-state index contributed by atoms with van der Waals surface area (Å²) in [6.45, 7) is 2.63. The van der Waals surface area contributed by atoms with E-state index in [-0.39, 0.29) is 13.1 Å². The molecule has 26 heavy (non-hydrogen) atoms. The summed E-state index contributed by atoms with van der Waals surface area (Å²) in [6, 6.07) is 6.84. The highest BCUT2D eigenvalue weighted by molar-refractivity contribution is 6.38. The lowest BCUT2D eigenvalue weighted by atomic mass is 10.1. The number of nitrogens with zero attached hydrogens (tertiary/aromatic N) is 3. The van der Waals surface area contributed by atoms with Gasteiger partial charge in [0.15, 0.2) is 0 Å². The zero-order valence-corrected chi connectivity index (χ0v) is 14.8. The Kier molecular flexibility index (Phi) is 4.94. The van der Waals surface area contributed by atoms with Gasteiger partial charge in [-0.1, -0.05) is 6.07 Å². The van der Waals surface area contributed by atoms with E-state index < -0.39 is 23.9 Å². The van der Waals surface area contributed by atoms with Crippen LogP contribution >= 0.6 is 0 Å². The number of likely N-dealkylation sites (N-methyl/N-ethyl adjacent to an activating group) is 1. The number of hydrogen-bond donors (Lipinski definition) is 2. The Balaban J connectivity index is 1.61. The topological polar surface area (TPSA) is 94.9 Å². The molecule has 1 atom stereocenters. The molecule has 1 aromatic heterocycles. The number of carbonyl (C=O) groups excluding carboxylic acids is 3. The molecule has 138 valence electrons. The first kappa shape index (κ1) is 17.9. The smallest absolute Gasteiger partial charge is 0.324 e. The van der Waals surface area contributed by atoms with E-state index in [0.29, 0.717) is 18.7 Å². The van der Waals surface area contributed by atoms with Crippen molar-refractivity contribution in [1.82, 2.24) is 19.7 Å². The minimum absolute atomic E-state index is 0.0490. The second kappa shape index (κ2) is 7.17. The zero-order valence-electron chi connectivity index (χ0n) is 14.8. The second-order valence-corrected chi connectivity index (χ2v) is 6.29. The third kappa shape index (κ3) is 3.28. The molecule has 1 aromatic carbocycles. The molecule has 2 N–H and O–H groups in total. The number of fused-ring (bicyclic) bond motifs is 1. The largest absolute Gasteiger partial charge is 0.387 e. The maximum Gasteiger partial charge on any atom is 0.324 e. The molecule has 1 aliphatic rings. The summed E-state index contributed by atoms with van der Waals surface area (Å²) >= 11 is 0. The van der Waals surface area contributed by atoms with Crippen LogP contribution in [0.1, 0.15) is 18.6 Å². The van der Waals surface area contributed by atoms with Gasteiger partial charge in [0.25, 0.3) is 0 Å². The highest BCUT2D eigenvalue weighted by atomic mass is 16.3. The average molecular weight is 358 g/mol. The monoisotopic (exact) mass is 358 g/mol. The lowest BCUT2D eigenvalue weighted by Gasteiger charge is -2.31. The number of imide groups is 1. The average Bonchev–Trinajstić information content (AvgIpc) is 3.02. The number of aromatic nitrogens is 1. The summed E-state index contributed by atoms with van der Waals surface area (Å²) in [6.07, 6.45) is 1.02. The molecule has 1 fully saturated rings. The first-order valence-corrected chi connectivity index (χ1v) is 8.54. The molecule has 0 saturated carbocycles. The lowest BCUT2D eigenvalue weighted by Crippen LogP contribution is -2.58. The van der Waals surface area contributed by atoms with Gasteiger partial charge in [-0.2, -0.15) is 0 Å². The molecular weight excluding hydrogens is 336 g/mol. The van der Waals surface area contributed by atoms with Crippen molar-refractivity contribution in [2.45, 2.75) is 13.0 Å². The molecule has 0 bridgehead atoms. The summed E-state index contributed by atoms with van der Waals surface area (Å²) in [5.74, 6) is -1.51. The van der Waals surface area contributed by atoms with E-state index >= 15 is 0 Å². The van der Waals surface area contributed by atoms with Crippen molar-refractivity contribution in [3.05, 3.63) is 36.0 Å². The van der Waals surface area contributed by atoms with E-state index in [0.717, 1.165) is 15.8 Å². The quantitative estimate of drug-likeness (QED) is 0.783. The molecule has 0 radical (unpaired) electrons. The van der Waals surface area contributed by atoms with E-state index in [1.165, 1.54) is 4.90 Å². The molecule has 1 saturated heterocycles. The van der Waals surface area contributed by atoms with E-state index in [4.69, 9.17) is 0 Å². The van der Waals surface area contributed by atoms with Gasteiger partial charge in [0.1, 0.15) is 0 Å². The number of aryl methyl sites for hydroxylation is 1. The first-order valence-electron chi connectivity index (χ1n) is 8.54. The molecule has 0 aliphatic carbocycles. The van der Waals surface area contributed by atoms with Gasteiger partial charge in [0.05, 0.1) is 6.10 Å². The Labute approximate surface area is 151 Å². The summed E-state index contributed by atoms with van der Waals surface area (Å²) in [5.41, 5.74) is 1.71. The van der Waals surface area contributed by atoms with Crippen LogP contribution < -0.4 is 5.32 Å². The van der Waals surface area contributed by atoms with Crippen LogP contribution in [0.5, 0.6) is 0 Å². The molecule has 0 unspecified atom stereocenters. The molecule has 8 nitrogen and oxygen atoms in total. The van der Waals surface area contributed by atoms with Gasteiger partial charge in [-0.15, -0.1) is 0 Å². The number of nitrogens with one attached hydrogen (secondary N) is 1. The fourth-order valence-corrected chi connectivity index (χ4v) is 3.07. The number of amides is 4. The van der Waals surface area contributed by atoms with Crippen LogP contribution in [0.3, 0.4) is 0 Å². The third-order valence-electron chi connectivity index (χ3n) is 4.68. The number of piperazine rings is 1. The van der Waals surface area contributed by atoms with Crippen LogP contribution in [0.15, 0.2) is 30.5 Å². The van der Waals surface area contributed by atoms with Crippen LogP contribution in [0.4, 0.5) is 4.79 Å². The van der Waals surface area contributed by atoms with Crippen LogP contribution in [-0.2, 0) is 16.6 Å². The number of urea groups is 1. The predicted molar refractivity (Wildman–Crippen MR) is 95.2 cm³/mol. The first-order chi connectivity index (χ1) is 12.4. The van der Waals surface area contributed by atoms with Gasteiger partial charge in [0.2, 0.25) is 0 Å². The molecule has 1 aliphatic heterocycles. The molecule has 2 aromatic rings. The normalized spacial score (nSPS) is 16.3. The molecule has 4 amide bonds. The zero-order chi connectivity index (χ0) is 18.8. The van der Waals surface area contributed by atoms with Crippen molar-refractivity contribution in [1.29, 1.82) is 0 Å². The molecule has 0 spiro atoms. The van der Waals surface area contributed by atoms with Crippen molar-refractivity contribution >= 4 is 28.7 Å². The van der Waals surface area contributed by atoms with Crippen LogP contribution in [-0.4, -0.2) is 63.5 Å². The summed E-state index contributed by atoms with van der Waals surface area (Å²) in [4.78, 5) is 38.4. The van der Waals surface area contributed by atoms with Crippen LogP contribution in [0.25, 0.3) is 10.9 Å². The number of aliphatic hydroxyl groups excluding tert-OH is 1. The fraction of sp³-hybridized carbons (Fsp3) is 0.389. The van der Waals surface area contributed by atoms with Gasteiger partial charge < -0.3 is 19.9 Å². The predicted octanol–water partition coefficient (Wildman–Crippen LogP) is 0.612. The number of carbonyl (C=O) groups is 3. The Bertz CT molecular complexity index is 860. The van der Waals surface area contributed by atoms with Gasteiger partial charge >= 0.3 is 17.8 Å². The number of benzene rings is 1. The number of rotatable bonds is 4. The second-order valence-electron chi connectivity index (χ2n) is 6.29. The summed E-state index contributed by atoms with van der Waals surface area (Å²) in [5, 5.41) is 13.9. The van der Waals surface area contributed by atoms with Crippen molar-refractivity contribution in [2.75, 3.05) is 26.2 Å². The van der Waals surface area contributed by atoms with Crippen molar-refractivity contribution in [3.8, 4) is 0 Å². The Morgan fingerprint density at radius 3 is 2.73 bits per heavy atom. The molecule has 8 heteroatoms. The Morgan fingerprint density at radius 1 is 1.23 bits per heavy atom. The lowest BCUT2D eigenvalue weighted by molar-refractivity contribution is -0.153. The van der Waals surface area contributed by atoms with Gasteiger partial charge in [-0.05, 0) is 36.1 Å². The van der Waals surface area contributed by atoms with Crippen LogP contribution in [0, 0.1) is 0 Å². The van der Waals surface area contributed by atoms with E-state index in [1.54, 1.807) is 13.0 Å². The van der Waals surface area contributed by atoms with Crippen molar-refractivity contribution in [3.63, 3.8) is 0 Å². The third-order valence-corrected chi connectivity index (χ3v) is 4.68. The highest BCUT2D eigenvalue weighted by Crippen LogP contribution is 2.20. The minimum Gasteiger partial charge on any atom is -0.387 e. The minimum atomic E-state index is -0.911. The van der Waals surface area contributed by atoms with E-state index in [1.807, 2.05) is 36.0 Å². The fourth-order valence-electron chi connectivity index (χ4n) is 3.07. The highest BCUT2D eigenvalue weighted by Gasteiger charge is 2.35. The van der Waals surface area contributed by atoms with Gasteiger partial charge in [0, 0.05) is 44.9 Å². The molecule has 2 heterocycles. The van der Waals surface area contributed by atoms with Crippen molar-refractivity contribution in [2.24, 2.45) is 7.05 Å². The standard InChI is InChI=1S/C18H22N4O4/c1-3-21-8-9-22(17(25)16(21)24)18(26)19-11-15(23)13-4-5-14-12(10-13)6-7-20(14)2/h4-7,10,15,23H,3,8-9,11H2,1-2H3,(H,19,26)/t15-/m1/s1. The van der Waals surface area contributed by atoms with Crippen molar-refractivity contribution < 1.29 is 19.5 Å². The number of hydrogen-bond acceptors (Lipinski definition) is 4.